The fourth-order valence-corrected chi connectivity index (χ4v) is 3.81. The van der Waals surface area contributed by atoms with Gasteiger partial charge in [-0.3, -0.25) is 14.5 Å². The van der Waals surface area contributed by atoms with Crippen LogP contribution in [0.15, 0.2) is 52.4 Å². The number of benzene rings is 2. The first-order valence-electron chi connectivity index (χ1n) is 7.13. The molecule has 3 rings (SSSR count). The Kier molecular flexibility index (Phi) is 4.99. The Bertz CT molecular complexity index is 974. The van der Waals surface area contributed by atoms with Crippen molar-refractivity contribution in [3.63, 3.8) is 0 Å². The summed E-state index contributed by atoms with van der Waals surface area (Å²) in [6, 6.07) is 11.3. The molecule has 2 aromatic carbocycles. The third-order valence-corrected chi connectivity index (χ3v) is 5.55. The standard InChI is InChI=1S/C16H12Cl2N2O4S/c17-12-6-5-10(7-13(12)18)9-24-15(21)8-19-16-11-3-1-2-4-14(11)25(22,23)20-16/h1-7H,8-9H2,(H,19,20). The highest BCUT2D eigenvalue weighted by molar-refractivity contribution is 7.90. The molecule has 9 heteroatoms. The van der Waals surface area contributed by atoms with Gasteiger partial charge in [0.15, 0.2) is 0 Å². The van der Waals surface area contributed by atoms with Gasteiger partial charge in [-0.1, -0.05) is 41.4 Å². The van der Waals surface area contributed by atoms with E-state index in [4.69, 9.17) is 27.9 Å². The van der Waals surface area contributed by atoms with Gasteiger partial charge in [0.25, 0.3) is 10.0 Å². The third kappa shape index (κ3) is 3.95. The quantitative estimate of drug-likeness (QED) is 0.802. The summed E-state index contributed by atoms with van der Waals surface area (Å²) < 4.78 is 31.3. The summed E-state index contributed by atoms with van der Waals surface area (Å²) in [5.74, 6) is -0.468. The number of sulfonamides is 1. The predicted molar refractivity (Wildman–Crippen MR) is 94.4 cm³/mol. The molecule has 25 heavy (non-hydrogen) atoms. The number of hydrogen-bond donors (Lipinski definition) is 1. The average Bonchev–Trinajstić information content (AvgIpc) is 2.85. The van der Waals surface area contributed by atoms with E-state index in [9.17, 15) is 13.2 Å². The lowest BCUT2D eigenvalue weighted by atomic mass is 10.2. The highest BCUT2D eigenvalue weighted by atomic mass is 35.5. The lowest BCUT2D eigenvalue weighted by Crippen LogP contribution is -2.23. The molecule has 1 aliphatic heterocycles. The zero-order chi connectivity index (χ0) is 18.0. The second-order valence-electron chi connectivity index (χ2n) is 5.18. The number of aliphatic imine (C=N–C) groups is 1. The summed E-state index contributed by atoms with van der Waals surface area (Å²) in [7, 11) is -3.63. The largest absolute Gasteiger partial charge is 0.459 e. The van der Waals surface area contributed by atoms with Gasteiger partial charge in [0, 0.05) is 5.56 Å². The molecule has 6 nitrogen and oxygen atoms in total. The lowest BCUT2D eigenvalue weighted by Gasteiger charge is -2.05. The summed E-state index contributed by atoms with van der Waals surface area (Å²) in [4.78, 5) is 16.0. The number of esters is 1. The summed E-state index contributed by atoms with van der Waals surface area (Å²) in [5.41, 5.74) is 1.11. The van der Waals surface area contributed by atoms with Crippen LogP contribution in [-0.4, -0.2) is 26.8 Å². The maximum atomic E-state index is 11.9. The molecule has 0 atom stereocenters. The van der Waals surface area contributed by atoms with Gasteiger partial charge < -0.3 is 4.74 Å². The van der Waals surface area contributed by atoms with Crippen LogP contribution in [-0.2, 0) is 26.2 Å². The molecule has 0 saturated carbocycles. The van der Waals surface area contributed by atoms with Gasteiger partial charge in [-0.05, 0) is 29.8 Å². The third-order valence-electron chi connectivity index (χ3n) is 3.41. The van der Waals surface area contributed by atoms with Crippen LogP contribution in [0, 0.1) is 0 Å². The Balaban J connectivity index is 1.64. The van der Waals surface area contributed by atoms with Gasteiger partial charge in [-0.15, -0.1) is 0 Å². The van der Waals surface area contributed by atoms with Gasteiger partial charge in [0.1, 0.15) is 19.0 Å². The van der Waals surface area contributed by atoms with E-state index >= 15 is 0 Å². The van der Waals surface area contributed by atoms with Crippen LogP contribution < -0.4 is 4.72 Å². The van der Waals surface area contributed by atoms with Crippen molar-refractivity contribution >= 4 is 45.0 Å². The average molecular weight is 399 g/mol. The molecular weight excluding hydrogens is 387 g/mol. The van der Waals surface area contributed by atoms with Gasteiger partial charge >= 0.3 is 5.97 Å². The van der Waals surface area contributed by atoms with E-state index in [0.29, 0.717) is 21.2 Å². The SMILES string of the molecule is O=C(CN=C1NS(=O)(=O)c2ccccc21)OCc1ccc(Cl)c(Cl)c1. The molecule has 0 fully saturated rings. The van der Waals surface area contributed by atoms with Gasteiger partial charge in [-0.25, -0.2) is 8.42 Å². The number of nitrogens with one attached hydrogen (secondary N) is 1. The number of ether oxygens (including phenoxy) is 1. The minimum atomic E-state index is -3.63. The van der Waals surface area contributed by atoms with Crippen molar-refractivity contribution in [2.45, 2.75) is 11.5 Å². The van der Waals surface area contributed by atoms with Crippen molar-refractivity contribution in [3.8, 4) is 0 Å². The summed E-state index contributed by atoms with van der Waals surface area (Å²) in [6.07, 6.45) is 0. The lowest BCUT2D eigenvalue weighted by molar-refractivity contribution is -0.143. The molecule has 0 unspecified atom stereocenters. The number of amidine groups is 1. The van der Waals surface area contributed by atoms with Crippen molar-refractivity contribution in [1.82, 2.24) is 4.72 Å². The maximum absolute atomic E-state index is 11.9. The number of halogens is 2. The van der Waals surface area contributed by atoms with E-state index in [0.717, 1.165) is 0 Å². The Labute approximate surface area is 154 Å². The molecule has 1 aliphatic rings. The molecule has 0 radical (unpaired) electrons. The Morgan fingerprint density at radius 3 is 2.64 bits per heavy atom. The van der Waals surface area contributed by atoms with E-state index in [-0.39, 0.29) is 23.9 Å². The van der Waals surface area contributed by atoms with Crippen molar-refractivity contribution in [1.29, 1.82) is 0 Å². The van der Waals surface area contributed by atoms with E-state index in [1.165, 1.54) is 6.07 Å². The molecule has 0 aromatic heterocycles. The van der Waals surface area contributed by atoms with E-state index in [2.05, 4.69) is 9.71 Å². The normalized spacial score (nSPS) is 16.3. The number of rotatable bonds is 4. The van der Waals surface area contributed by atoms with E-state index in [1.807, 2.05) is 0 Å². The highest BCUT2D eigenvalue weighted by Gasteiger charge is 2.30. The number of nitrogens with zero attached hydrogens (tertiary/aromatic N) is 1. The van der Waals surface area contributed by atoms with E-state index in [1.54, 1.807) is 36.4 Å². The van der Waals surface area contributed by atoms with Gasteiger partial charge in [0.05, 0.1) is 14.9 Å². The fraction of sp³-hybridized carbons (Fsp3) is 0.125. The Hall–Kier alpha value is -2.09. The maximum Gasteiger partial charge on any atom is 0.328 e. The van der Waals surface area contributed by atoms with Crippen LogP contribution in [0.25, 0.3) is 0 Å². The zero-order valence-electron chi connectivity index (χ0n) is 12.7. The fourth-order valence-electron chi connectivity index (χ4n) is 2.23. The summed E-state index contributed by atoms with van der Waals surface area (Å²) in [6.45, 7) is -0.295. The molecule has 130 valence electrons. The molecule has 0 bridgehead atoms. The first-order valence-corrected chi connectivity index (χ1v) is 9.37. The number of hydrogen-bond acceptors (Lipinski definition) is 5. The van der Waals surface area contributed by atoms with Crippen molar-refractivity contribution in [2.75, 3.05) is 6.54 Å². The van der Waals surface area contributed by atoms with Crippen LogP contribution in [0.4, 0.5) is 0 Å². The molecule has 1 heterocycles. The molecule has 1 N–H and O–H groups in total. The van der Waals surface area contributed by atoms with Crippen LogP contribution >= 0.6 is 23.2 Å². The zero-order valence-corrected chi connectivity index (χ0v) is 15.0. The number of fused-ring (bicyclic) bond motifs is 1. The first kappa shape index (κ1) is 17.7. The Morgan fingerprint density at radius 2 is 1.88 bits per heavy atom. The molecule has 0 saturated heterocycles. The second-order valence-corrected chi connectivity index (χ2v) is 7.64. The van der Waals surface area contributed by atoms with Gasteiger partial charge in [-0.2, -0.15) is 0 Å². The second kappa shape index (κ2) is 7.03. The molecule has 0 spiro atoms. The summed E-state index contributed by atoms with van der Waals surface area (Å²) in [5, 5.41) is 0.780. The predicted octanol–water partition coefficient (Wildman–Crippen LogP) is 2.78. The molecule has 0 aliphatic carbocycles. The van der Waals surface area contributed by atoms with Crippen molar-refractivity contribution in [2.24, 2.45) is 4.99 Å². The topological polar surface area (TPSA) is 84.8 Å². The van der Waals surface area contributed by atoms with Crippen molar-refractivity contribution in [3.05, 3.63) is 63.6 Å². The van der Waals surface area contributed by atoms with E-state index < -0.39 is 16.0 Å². The molecule has 2 aromatic rings. The van der Waals surface area contributed by atoms with Crippen LogP contribution in [0.2, 0.25) is 10.0 Å². The van der Waals surface area contributed by atoms with Crippen LogP contribution in [0.1, 0.15) is 11.1 Å². The smallest absolute Gasteiger partial charge is 0.328 e. The minimum Gasteiger partial charge on any atom is -0.459 e. The number of carbonyl (C=O) groups is 1. The highest BCUT2D eigenvalue weighted by Crippen LogP contribution is 2.23. The molecular formula is C16H12Cl2N2O4S. The van der Waals surface area contributed by atoms with Gasteiger partial charge in [0.2, 0.25) is 0 Å². The summed E-state index contributed by atoms with van der Waals surface area (Å²) >= 11 is 11.7. The Morgan fingerprint density at radius 1 is 1.12 bits per heavy atom. The first-order chi connectivity index (χ1) is 11.9. The van der Waals surface area contributed by atoms with Crippen LogP contribution in [0.3, 0.4) is 0 Å². The van der Waals surface area contributed by atoms with Crippen LogP contribution in [0.5, 0.6) is 0 Å². The van der Waals surface area contributed by atoms with Crippen molar-refractivity contribution < 1.29 is 17.9 Å². The number of carbonyl (C=O) groups excluding carboxylic acids is 1. The molecule has 0 amide bonds. The monoisotopic (exact) mass is 398 g/mol. The minimum absolute atomic E-state index is 0.0168.